The fourth-order valence-electron chi connectivity index (χ4n) is 2.99. The molecule has 2 amide bonds. The number of aromatic nitrogens is 1. The molecule has 1 aliphatic rings. The molecule has 2 aromatic rings. The van der Waals surface area contributed by atoms with Crippen molar-refractivity contribution in [3.8, 4) is 0 Å². The van der Waals surface area contributed by atoms with Crippen molar-refractivity contribution in [2.45, 2.75) is 37.8 Å². The number of rotatable bonds is 2. The fraction of sp³-hybridized carbons (Fsp3) is 0.353. The Bertz CT molecular complexity index is 781. The van der Waals surface area contributed by atoms with Gasteiger partial charge < -0.3 is 15.7 Å². The van der Waals surface area contributed by atoms with Gasteiger partial charge in [-0.1, -0.05) is 0 Å². The SMILES string of the molecule is O=C(Nc1ccc(F)c2cnccc12)C(=O)NC1CCCC(O)C1. The lowest BCUT2D eigenvalue weighted by molar-refractivity contribution is -0.136. The first-order valence-corrected chi connectivity index (χ1v) is 7.86. The molecule has 3 N–H and O–H groups in total. The number of aliphatic hydroxyl groups excluding tert-OH is 1. The average Bonchev–Trinajstić information content (AvgIpc) is 2.57. The predicted octanol–water partition coefficient (Wildman–Crippen LogP) is 1.73. The van der Waals surface area contributed by atoms with Crippen LogP contribution in [-0.4, -0.2) is 34.1 Å². The standard InChI is InChI=1S/C17H18FN3O3/c18-14-4-5-15(12-6-7-19-9-13(12)14)21-17(24)16(23)20-10-2-1-3-11(22)8-10/h4-7,9-11,22H,1-3,8H2,(H,20,23)(H,21,24). The largest absolute Gasteiger partial charge is 0.393 e. The maximum absolute atomic E-state index is 13.8. The van der Waals surface area contributed by atoms with Crippen molar-refractivity contribution in [2.24, 2.45) is 0 Å². The van der Waals surface area contributed by atoms with E-state index >= 15 is 0 Å². The summed E-state index contributed by atoms with van der Waals surface area (Å²) in [6.07, 6.45) is 5.12. The molecule has 24 heavy (non-hydrogen) atoms. The molecule has 1 heterocycles. The van der Waals surface area contributed by atoms with Crippen molar-refractivity contribution in [3.05, 3.63) is 36.4 Å². The van der Waals surface area contributed by atoms with Gasteiger partial charge in [-0.25, -0.2) is 4.39 Å². The van der Waals surface area contributed by atoms with Crippen LogP contribution >= 0.6 is 0 Å². The van der Waals surface area contributed by atoms with E-state index in [9.17, 15) is 19.1 Å². The van der Waals surface area contributed by atoms with E-state index in [2.05, 4.69) is 15.6 Å². The van der Waals surface area contributed by atoms with Gasteiger partial charge >= 0.3 is 11.8 Å². The van der Waals surface area contributed by atoms with Crippen molar-refractivity contribution in [2.75, 3.05) is 5.32 Å². The Kier molecular flexibility index (Phi) is 4.71. The molecule has 2 atom stereocenters. The number of nitrogens with zero attached hydrogens (tertiary/aromatic N) is 1. The van der Waals surface area contributed by atoms with Gasteiger partial charge in [0.15, 0.2) is 0 Å². The summed E-state index contributed by atoms with van der Waals surface area (Å²) >= 11 is 0. The quantitative estimate of drug-likeness (QED) is 0.731. The van der Waals surface area contributed by atoms with Crippen LogP contribution in [0.4, 0.5) is 10.1 Å². The van der Waals surface area contributed by atoms with Crippen LogP contribution in [-0.2, 0) is 9.59 Å². The van der Waals surface area contributed by atoms with Gasteiger partial charge in [-0.3, -0.25) is 14.6 Å². The monoisotopic (exact) mass is 331 g/mol. The number of aliphatic hydroxyl groups is 1. The molecular weight excluding hydrogens is 313 g/mol. The second kappa shape index (κ2) is 6.92. The normalized spacial score (nSPS) is 20.6. The summed E-state index contributed by atoms with van der Waals surface area (Å²) < 4.78 is 13.8. The highest BCUT2D eigenvalue weighted by Crippen LogP contribution is 2.25. The van der Waals surface area contributed by atoms with E-state index in [1.54, 1.807) is 6.07 Å². The van der Waals surface area contributed by atoms with Crippen LogP contribution in [0.25, 0.3) is 10.8 Å². The van der Waals surface area contributed by atoms with E-state index in [0.717, 1.165) is 12.8 Å². The highest BCUT2D eigenvalue weighted by molar-refractivity contribution is 6.40. The zero-order valence-electron chi connectivity index (χ0n) is 13.0. The number of halogens is 1. The maximum atomic E-state index is 13.8. The lowest BCUT2D eigenvalue weighted by Gasteiger charge is -2.26. The summed E-state index contributed by atoms with van der Waals surface area (Å²) in [4.78, 5) is 28.0. The van der Waals surface area contributed by atoms with Crippen LogP contribution < -0.4 is 10.6 Å². The third kappa shape index (κ3) is 3.51. The van der Waals surface area contributed by atoms with Gasteiger partial charge in [0.25, 0.3) is 0 Å². The van der Waals surface area contributed by atoms with Gasteiger partial charge in [-0.2, -0.15) is 0 Å². The third-order valence-electron chi connectivity index (χ3n) is 4.20. The second-order valence-corrected chi connectivity index (χ2v) is 5.96. The number of anilines is 1. The predicted molar refractivity (Wildman–Crippen MR) is 86.7 cm³/mol. The van der Waals surface area contributed by atoms with Gasteiger partial charge in [0.05, 0.1) is 6.10 Å². The summed E-state index contributed by atoms with van der Waals surface area (Å²) in [5.41, 5.74) is 0.345. The Labute approximate surface area is 138 Å². The molecule has 0 saturated heterocycles. The molecule has 126 valence electrons. The zero-order chi connectivity index (χ0) is 17.1. The van der Waals surface area contributed by atoms with Crippen molar-refractivity contribution in [1.29, 1.82) is 0 Å². The summed E-state index contributed by atoms with van der Waals surface area (Å²) in [6, 6.07) is 3.99. The van der Waals surface area contributed by atoms with E-state index in [4.69, 9.17) is 0 Å². The van der Waals surface area contributed by atoms with Crippen LogP contribution in [0.15, 0.2) is 30.6 Å². The minimum Gasteiger partial charge on any atom is -0.393 e. The first-order valence-electron chi connectivity index (χ1n) is 7.86. The zero-order valence-corrected chi connectivity index (χ0v) is 13.0. The minimum absolute atomic E-state index is 0.207. The van der Waals surface area contributed by atoms with Gasteiger partial charge in [0, 0.05) is 34.9 Å². The van der Waals surface area contributed by atoms with Gasteiger partial charge in [0.1, 0.15) is 5.82 Å². The number of carbonyl (C=O) groups is 2. The first kappa shape index (κ1) is 16.3. The lowest BCUT2D eigenvalue weighted by Crippen LogP contribution is -2.44. The number of hydrogen-bond donors (Lipinski definition) is 3. The fourth-order valence-corrected chi connectivity index (χ4v) is 2.99. The molecule has 1 aromatic carbocycles. The van der Waals surface area contributed by atoms with Crippen LogP contribution in [0.2, 0.25) is 0 Å². The second-order valence-electron chi connectivity index (χ2n) is 5.96. The van der Waals surface area contributed by atoms with Crippen LogP contribution in [0, 0.1) is 5.82 Å². The van der Waals surface area contributed by atoms with Crippen molar-refractivity contribution >= 4 is 28.3 Å². The topological polar surface area (TPSA) is 91.3 Å². The summed E-state index contributed by atoms with van der Waals surface area (Å²) in [6.45, 7) is 0. The number of nitrogens with one attached hydrogen (secondary N) is 2. The van der Waals surface area contributed by atoms with Gasteiger partial charge in [-0.05, 0) is 43.9 Å². The minimum atomic E-state index is -0.820. The Morgan fingerprint density at radius 3 is 2.79 bits per heavy atom. The smallest absolute Gasteiger partial charge is 0.313 e. The molecule has 2 unspecified atom stereocenters. The average molecular weight is 331 g/mol. The van der Waals surface area contributed by atoms with E-state index in [1.807, 2.05) is 0 Å². The molecule has 0 radical (unpaired) electrons. The van der Waals surface area contributed by atoms with Crippen molar-refractivity contribution < 1.29 is 19.1 Å². The van der Waals surface area contributed by atoms with Crippen molar-refractivity contribution in [1.82, 2.24) is 10.3 Å². The van der Waals surface area contributed by atoms with E-state index in [-0.39, 0.29) is 11.4 Å². The molecule has 3 rings (SSSR count). The lowest BCUT2D eigenvalue weighted by atomic mass is 9.93. The van der Waals surface area contributed by atoms with Gasteiger partial charge in [0.2, 0.25) is 0 Å². The van der Waals surface area contributed by atoms with E-state index in [1.165, 1.54) is 24.5 Å². The molecule has 0 aliphatic heterocycles. The van der Waals surface area contributed by atoms with E-state index < -0.39 is 23.7 Å². The van der Waals surface area contributed by atoms with Crippen LogP contribution in [0.1, 0.15) is 25.7 Å². The number of benzene rings is 1. The number of amides is 2. The Balaban J connectivity index is 1.70. The number of fused-ring (bicyclic) bond motifs is 1. The highest BCUT2D eigenvalue weighted by Gasteiger charge is 2.24. The summed E-state index contributed by atoms with van der Waals surface area (Å²) in [7, 11) is 0. The first-order chi connectivity index (χ1) is 11.5. The van der Waals surface area contributed by atoms with Crippen LogP contribution in [0.5, 0.6) is 0 Å². The van der Waals surface area contributed by atoms with Gasteiger partial charge in [-0.15, -0.1) is 0 Å². The Morgan fingerprint density at radius 1 is 1.17 bits per heavy atom. The molecular formula is C17H18FN3O3. The van der Waals surface area contributed by atoms with Crippen LogP contribution in [0.3, 0.4) is 0 Å². The molecule has 1 aromatic heterocycles. The molecule has 6 nitrogen and oxygen atoms in total. The number of carbonyl (C=O) groups excluding carboxylic acids is 2. The molecule has 7 heteroatoms. The summed E-state index contributed by atoms with van der Waals surface area (Å²) in [5.74, 6) is -2.03. The molecule has 1 aliphatic carbocycles. The molecule has 0 spiro atoms. The molecule has 1 fully saturated rings. The maximum Gasteiger partial charge on any atom is 0.313 e. The Hall–Kier alpha value is -2.54. The van der Waals surface area contributed by atoms with E-state index in [0.29, 0.717) is 23.9 Å². The summed E-state index contributed by atoms with van der Waals surface area (Å²) in [5, 5.41) is 15.5. The number of hydrogen-bond acceptors (Lipinski definition) is 4. The number of pyridine rings is 1. The van der Waals surface area contributed by atoms with Crippen molar-refractivity contribution in [3.63, 3.8) is 0 Å². The highest BCUT2D eigenvalue weighted by atomic mass is 19.1. The molecule has 1 saturated carbocycles. The third-order valence-corrected chi connectivity index (χ3v) is 4.20. The molecule has 0 bridgehead atoms. The Morgan fingerprint density at radius 2 is 2.00 bits per heavy atom.